The first-order valence-corrected chi connectivity index (χ1v) is 11.5. The summed E-state index contributed by atoms with van der Waals surface area (Å²) in [5, 5.41) is 0. The lowest BCUT2D eigenvalue weighted by atomic mass is 10.2. The monoisotopic (exact) mass is 419 g/mol. The highest BCUT2D eigenvalue weighted by molar-refractivity contribution is 7.13. The van der Waals surface area contributed by atoms with E-state index >= 15 is 0 Å². The molecule has 3 rings (SSSR count). The van der Waals surface area contributed by atoms with Crippen LogP contribution in [0, 0.1) is 37.0 Å². The Balaban J connectivity index is 1.59. The predicted molar refractivity (Wildman–Crippen MR) is 124 cm³/mol. The van der Waals surface area contributed by atoms with Crippen molar-refractivity contribution in [3.8, 4) is 37.0 Å². The van der Waals surface area contributed by atoms with E-state index in [1.165, 1.54) is 14.6 Å². The average molecular weight is 420 g/mol. The van der Waals surface area contributed by atoms with Crippen LogP contribution < -0.4 is 0 Å². The largest absolute Gasteiger partial charge is 0.302 e. The quantitative estimate of drug-likeness (QED) is 0.434. The molecule has 0 aliphatic heterocycles. The molecule has 0 saturated heterocycles. The van der Waals surface area contributed by atoms with Crippen molar-refractivity contribution in [2.75, 3.05) is 19.6 Å². The molecule has 0 atom stereocenters. The van der Waals surface area contributed by atoms with Gasteiger partial charge < -0.3 is 4.90 Å². The summed E-state index contributed by atoms with van der Waals surface area (Å²) >= 11 is 5.14. The number of hydrogen-bond acceptors (Lipinski definition) is 4. The maximum absolute atomic E-state index is 5.49. The van der Waals surface area contributed by atoms with E-state index in [4.69, 9.17) is 19.3 Å². The van der Waals surface area contributed by atoms with Crippen molar-refractivity contribution in [2.45, 2.75) is 19.3 Å². The molecule has 3 aromatic rings. The summed E-state index contributed by atoms with van der Waals surface area (Å²) in [7, 11) is 0. The van der Waals surface area contributed by atoms with Crippen molar-refractivity contribution in [3.63, 3.8) is 0 Å². The molecular weight excluding hydrogens is 398 g/mol. The zero-order chi connectivity index (χ0) is 19.8. The van der Waals surface area contributed by atoms with Gasteiger partial charge in [0.2, 0.25) is 0 Å². The summed E-state index contributed by atoms with van der Waals surface area (Å²) < 4.78 is 0. The summed E-state index contributed by atoms with van der Waals surface area (Å²) in [6.07, 6.45) is 19.5. The van der Waals surface area contributed by atoms with Crippen LogP contribution in [0.4, 0.5) is 0 Å². The number of rotatable bonds is 9. The minimum Gasteiger partial charge on any atom is -0.302 e. The molecule has 4 heteroatoms. The molecule has 0 amide bonds. The molecule has 0 spiro atoms. The van der Waals surface area contributed by atoms with Crippen LogP contribution in [-0.2, 0) is 19.3 Å². The van der Waals surface area contributed by atoms with E-state index in [0.717, 1.165) is 53.5 Å². The molecule has 28 heavy (non-hydrogen) atoms. The highest BCUT2D eigenvalue weighted by atomic mass is 32.1. The van der Waals surface area contributed by atoms with Gasteiger partial charge in [-0.1, -0.05) is 17.8 Å². The lowest BCUT2D eigenvalue weighted by Gasteiger charge is -2.21. The lowest BCUT2D eigenvalue weighted by molar-refractivity contribution is 0.286. The second-order valence-corrected chi connectivity index (χ2v) is 9.83. The summed E-state index contributed by atoms with van der Waals surface area (Å²) in [5.74, 6) is 8.16. The Kier molecular flexibility index (Phi) is 7.55. The first-order valence-electron chi connectivity index (χ1n) is 9.08. The molecule has 0 aliphatic rings. The van der Waals surface area contributed by atoms with Gasteiger partial charge in [-0.25, -0.2) is 0 Å². The smallest absolute Gasteiger partial charge is 0.0768 e. The summed E-state index contributed by atoms with van der Waals surface area (Å²) in [5.41, 5.74) is 0. The van der Waals surface area contributed by atoms with Gasteiger partial charge in [0, 0.05) is 34.3 Å². The molecule has 0 saturated carbocycles. The normalized spacial score (nSPS) is 10.5. The summed E-state index contributed by atoms with van der Waals surface area (Å²) in [6.45, 7) is 3.06. The van der Waals surface area contributed by atoms with Gasteiger partial charge in [0.25, 0.3) is 0 Å². The molecule has 140 valence electrons. The topological polar surface area (TPSA) is 3.24 Å². The summed E-state index contributed by atoms with van der Waals surface area (Å²) in [4.78, 5) is 9.56. The van der Waals surface area contributed by atoms with E-state index in [2.05, 4.69) is 40.9 Å². The lowest BCUT2D eigenvalue weighted by Crippen LogP contribution is -2.30. The van der Waals surface area contributed by atoms with Crippen molar-refractivity contribution < 1.29 is 0 Å². The highest BCUT2D eigenvalue weighted by Gasteiger charge is 2.10. The summed E-state index contributed by atoms with van der Waals surface area (Å²) in [6, 6.07) is 12.5. The Morgan fingerprint density at radius 1 is 0.571 bits per heavy atom. The Morgan fingerprint density at radius 2 is 0.893 bits per heavy atom. The van der Waals surface area contributed by atoms with Gasteiger partial charge in [-0.2, -0.15) is 0 Å². The van der Waals surface area contributed by atoms with Gasteiger partial charge in [0.1, 0.15) is 0 Å². The number of terminal acetylenes is 3. The Hall–Kier alpha value is -2.26. The second kappa shape index (κ2) is 10.3. The third-order valence-electron chi connectivity index (χ3n) is 4.44. The SMILES string of the molecule is C#Cc1ccc(CCN(CCc2ccc(C#C)s2)CCc2ccc(C#C)s2)s1. The van der Waals surface area contributed by atoms with Crippen LogP contribution >= 0.6 is 34.0 Å². The zero-order valence-corrected chi connectivity index (χ0v) is 18.1. The van der Waals surface area contributed by atoms with Crippen LogP contribution in [0.15, 0.2) is 36.4 Å². The molecule has 0 N–H and O–H groups in total. The maximum Gasteiger partial charge on any atom is 0.0768 e. The third kappa shape index (κ3) is 5.87. The fourth-order valence-electron chi connectivity index (χ4n) is 2.91. The van der Waals surface area contributed by atoms with E-state index in [9.17, 15) is 0 Å². The molecular formula is C24H21NS3. The Labute approximate surface area is 180 Å². The molecule has 0 radical (unpaired) electrons. The number of hydrogen-bond donors (Lipinski definition) is 0. The molecule has 0 unspecified atom stereocenters. The van der Waals surface area contributed by atoms with Gasteiger partial charge in [-0.15, -0.1) is 53.3 Å². The van der Waals surface area contributed by atoms with Crippen molar-refractivity contribution >= 4 is 34.0 Å². The fourth-order valence-corrected chi connectivity index (χ4v) is 5.33. The third-order valence-corrected chi connectivity index (χ3v) is 7.66. The molecule has 3 heterocycles. The van der Waals surface area contributed by atoms with E-state index in [-0.39, 0.29) is 0 Å². The van der Waals surface area contributed by atoms with Crippen LogP contribution in [0.5, 0.6) is 0 Å². The predicted octanol–water partition coefficient (Wildman–Crippen LogP) is 5.14. The molecule has 1 nitrogen and oxygen atoms in total. The highest BCUT2D eigenvalue weighted by Crippen LogP contribution is 2.20. The van der Waals surface area contributed by atoms with Crippen LogP contribution in [0.3, 0.4) is 0 Å². The number of nitrogens with zero attached hydrogens (tertiary/aromatic N) is 1. The molecule has 0 aromatic carbocycles. The molecule has 0 bridgehead atoms. The van der Waals surface area contributed by atoms with Gasteiger partial charge in [-0.3, -0.25) is 0 Å². The average Bonchev–Trinajstić information content (AvgIpc) is 3.47. The van der Waals surface area contributed by atoms with Crippen molar-refractivity contribution in [3.05, 3.63) is 65.7 Å². The van der Waals surface area contributed by atoms with Crippen LogP contribution in [0.2, 0.25) is 0 Å². The van der Waals surface area contributed by atoms with Crippen molar-refractivity contribution in [1.82, 2.24) is 4.90 Å². The van der Waals surface area contributed by atoms with E-state index in [1.54, 1.807) is 34.0 Å². The van der Waals surface area contributed by atoms with Crippen LogP contribution in [0.1, 0.15) is 29.3 Å². The molecule has 3 aromatic heterocycles. The van der Waals surface area contributed by atoms with Crippen LogP contribution in [-0.4, -0.2) is 24.5 Å². The minimum absolute atomic E-state index is 1.00. The first-order chi connectivity index (χ1) is 13.7. The maximum atomic E-state index is 5.49. The molecule has 0 fully saturated rings. The second-order valence-electron chi connectivity index (χ2n) is 6.32. The van der Waals surface area contributed by atoms with Gasteiger partial charge in [0.15, 0.2) is 0 Å². The Morgan fingerprint density at radius 3 is 1.14 bits per heavy atom. The zero-order valence-electron chi connectivity index (χ0n) is 15.6. The van der Waals surface area contributed by atoms with Gasteiger partial charge in [-0.05, 0) is 55.7 Å². The fraction of sp³-hybridized carbons (Fsp3) is 0.250. The van der Waals surface area contributed by atoms with Crippen molar-refractivity contribution in [1.29, 1.82) is 0 Å². The van der Waals surface area contributed by atoms with Gasteiger partial charge in [0.05, 0.1) is 14.6 Å². The number of thiophene rings is 3. The van der Waals surface area contributed by atoms with E-state index < -0.39 is 0 Å². The minimum atomic E-state index is 1.00. The van der Waals surface area contributed by atoms with E-state index in [0.29, 0.717) is 0 Å². The van der Waals surface area contributed by atoms with Crippen molar-refractivity contribution in [2.24, 2.45) is 0 Å². The first kappa shape index (κ1) is 20.5. The van der Waals surface area contributed by atoms with E-state index in [1.807, 2.05) is 18.2 Å². The van der Waals surface area contributed by atoms with Gasteiger partial charge >= 0.3 is 0 Å². The Bertz CT molecular complexity index is 895. The van der Waals surface area contributed by atoms with Crippen LogP contribution in [0.25, 0.3) is 0 Å². The standard InChI is InChI=1S/C24H21NS3/c1-4-19-7-10-22(26-19)13-16-25(17-14-23-11-8-20(5-2)27-23)18-15-24-12-9-21(6-3)28-24/h1-3,7-12H,13-18H2. The molecule has 0 aliphatic carbocycles.